The van der Waals surface area contributed by atoms with Crippen LogP contribution in [0.4, 0.5) is 5.69 Å². The summed E-state index contributed by atoms with van der Waals surface area (Å²) in [6.45, 7) is 3.12. The average molecular weight is 583 g/mol. The van der Waals surface area contributed by atoms with Crippen molar-refractivity contribution in [3.8, 4) is 0 Å². The van der Waals surface area contributed by atoms with E-state index in [-0.39, 0.29) is 33.1 Å². The lowest BCUT2D eigenvalue weighted by Gasteiger charge is -2.32. The Morgan fingerprint density at radius 3 is 2.16 bits per heavy atom. The third-order valence-corrected chi connectivity index (χ3v) is 8.51. The van der Waals surface area contributed by atoms with Crippen LogP contribution >= 0.6 is 34.8 Å². The highest BCUT2D eigenvalue weighted by atomic mass is 35.5. The maximum atomic E-state index is 13.8. The maximum Gasteiger partial charge on any atom is 0.264 e. The molecule has 0 bridgehead atoms. The molecule has 1 atom stereocenters. The van der Waals surface area contributed by atoms with Gasteiger partial charge in [0, 0.05) is 18.1 Å². The van der Waals surface area contributed by atoms with Crippen LogP contribution in [0.1, 0.15) is 19.4 Å². The SMILES string of the molecule is CCNC(=O)C(C)N(Cc1ccccc1Cl)C(=O)CN(c1ccc(Cl)c(Cl)c1)S(=O)(=O)c1ccccc1. The smallest absolute Gasteiger partial charge is 0.264 e. The van der Waals surface area contributed by atoms with E-state index in [1.165, 1.54) is 35.2 Å². The topological polar surface area (TPSA) is 86.8 Å². The molecule has 1 N–H and O–H groups in total. The normalized spacial score (nSPS) is 12.0. The highest BCUT2D eigenvalue weighted by Crippen LogP contribution is 2.31. The standard InChI is InChI=1S/C26H26Cl3N3O4S/c1-3-30-26(34)18(2)31(16-19-9-7-8-12-22(19)27)25(33)17-32(20-13-14-23(28)24(29)15-20)37(35,36)21-10-5-4-6-11-21/h4-15,18H,3,16-17H2,1-2H3,(H,30,34). The fraction of sp³-hybridized carbons (Fsp3) is 0.231. The Bertz CT molecular complexity index is 1370. The van der Waals surface area contributed by atoms with E-state index >= 15 is 0 Å². The Morgan fingerprint density at radius 2 is 1.54 bits per heavy atom. The zero-order chi connectivity index (χ0) is 27.2. The molecule has 3 aromatic rings. The van der Waals surface area contributed by atoms with Crippen LogP contribution < -0.4 is 9.62 Å². The first-order valence-electron chi connectivity index (χ1n) is 11.4. The summed E-state index contributed by atoms with van der Waals surface area (Å²) in [6, 6.07) is 18.1. The number of amides is 2. The lowest BCUT2D eigenvalue weighted by atomic mass is 10.1. The van der Waals surface area contributed by atoms with Crippen LogP contribution in [0.25, 0.3) is 0 Å². The molecule has 0 radical (unpaired) electrons. The number of carbonyl (C=O) groups excluding carboxylic acids is 2. The van der Waals surface area contributed by atoms with E-state index in [9.17, 15) is 18.0 Å². The Balaban J connectivity index is 2.05. The van der Waals surface area contributed by atoms with Gasteiger partial charge in [0.1, 0.15) is 12.6 Å². The second-order valence-corrected chi connectivity index (χ2v) is 11.2. The molecule has 0 aliphatic carbocycles. The summed E-state index contributed by atoms with van der Waals surface area (Å²) >= 11 is 18.6. The van der Waals surface area contributed by atoms with Gasteiger partial charge >= 0.3 is 0 Å². The van der Waals surface area contributed by atoms with Crippen LogP contribution in [-0.4, -0.2) is 44.3 Å². The number of sulfonamides is 1. The van der Waals surface area contributed by atoms with Crippen LogP contribution in [0.2, 0.25) is 15.1 Å². The fourth-order valence-corrected chi connectivity index (χ4v) is 5.52. The van der Waals surface area contributed by atoms with Gasteiger partial charge in [-0.15, -0.1) is 0 Å². The molecule has 0 spiro atoms. The number of carbonyl (C=O) groups is 2. The van der Waals surface area contributed by atoms with Gasteiger partial charge in [-0.25, -0.2) is 8.42 Å². The molecule has 2 amide bonds. The lowest BCUT2D eigenvalue weighted by molar-refractivity contribution is -0.139. The van der Waals surface area contributed by atoms with Crippen molar-refractivity contribution in [2.24, 2.45) is 0 Å². The molecule has 0 aliphatic rings. The lowest BCUT2D eigenvalue weighted by Crippen LogP contribution is -2.51. The zero-order valence-electron chi connectivity index (χ0n) is 20.2. The number of rotatable bonds is 10. The molecule has 0 fully saturated rings. The monoisotopic (exact) mass is 581 g/mol. The Hall–Kier alpha value is -2.78. The summed E-state index contributed by atoms with van der Waals surface area (Å²) in [5.41, 5.74) is 0.760. The van der Waals surface area contributed by atoms with Crippen molar-refractivity contribution < 1.29 is 18.0 Å². The van der Waals surface area contributed by atoms with E-state index in [4.69, 9.17) is 34.8 Å². The molecule has 0 saturated carbocycles. The third-order valence-electron chi connectivity index (χ3n) is 5.62. The van der Waals surface area contributed by atoms with E-state index in [0.717, 1.165) is 4.31 Å². The number of hydrogen-bond donors (Lipinski definition) is 1. The predicted molar refractivity (Wildman–Crippen MR) is 148 cm³/mol. The fourth-order valence-electron chi connectivity index (χ4n) is 3.60. The molecular weight excluding hydrogens is 557 g/mol. The van der Waals surface area contributed by atoms with Crippen molar-refractivity contribution in [2.45, 2.75) is 31.3 Å². The molecule has 196 valence electrons. The second-order valence-electron chi connectivity index (χ2n) is 8.11. The van der Waals surface area contributed by atoms with Gasteiger partial charge in [-0.05, 0) is 55.8 Å². The van der Waals surface area contributed by atoms with E-state index < -0.39 is 28.5 Å². The summed E-state index contributed by atoms with van der Waals surface area (Å²) in [5, 5.41) is 3.49. The molecule has 0 heterocycles. The van der Waals surface area contributed by atoms with Crippen molar-refractivity contribution >= 4 is 62.3 Å². The van der Waals surface area contributed by atoms with Gasteiger partial charge in [-0.2, -0.15) is 0 Å². The maximum absolute atomic E-state index is 13.8. The molecule has 3 aromatic carbocycles. The summed E-state index contributed by atoms with van der Waals surface area (Å²) in [4.78, 5) is 27.8. The second kappa shape index (κ2) is 12.6. The van der Waals surface area contributed by atoms with Crippen LogP contribution in [-0.2, 0) is 26.2 Å². The summed E-state index contributed by atoms with van der Waals surface area (Å²) < 4.78 is 28.3. The molecule has 7 nitrogen and oxygen atoms in total. The van der Waals surface area contributed by atoms with Gasteiger partial charge in [0.25, 0.3) is 10.0 Å². The van der Waals surface area contributed by atoms with E-state index in [2.05, 4.69) is 5.32 Å². The third kappa shape index (κ3) is 6.96. The highest BCUT2D eigenvalue weighted by Gasteiger charge is 2.32. The number of hydrogen-bond acceptors (Lipinski definition) is 4. The predicted octanol–water partition coefficient (Wildman–Crippen LogP) is 5.40. The van der Waals surface area contributed by atoms with Crippen LogP contribution in [0.3, 0.4) is 0 Å². The number of nitrogens with zero attached hydrogens (tertiary/aromatic N) is 2. The molecule has 11 heteroatoms. The van der Waals surface area contributed by atoms with Gasteiger partial charge in [0.05, 0.1) is 20.6 Å². The Labute approximate surface area is 232 Å². The molecular formula is C26H26Cl3N3O4S. The summed E-state index contributed by atoms with van der Waals surface area (Å²) in [6.07, 6.45) is 0. The number of halogens is 3. The molecule has 0 aromatic heterocycles. The molecule has 0 aliphatic heterocycles. The van der Waals surface area contributed by atoms with Gasteiger partial charge in [-0.1, -0.05) is 71.2 Å². The van der Waals surface area contributed by atoms with Crippen molar-refractivity contribution in [3.63, 3.8) is 0 Å². The molecule has 0 saturated heterocycles. The van der Waals surface area contributed by atoms with Crippen molar-refractivity contribution in [3.05, 3.63) is 93.4 Å². The molecule has 37 heavy (non-hydrogen) atoms. The Morgan fingerprint density at radius 1 is 0.892 bits per heavy atom. The highest BCUT2D eigenvalue weighted by molar-refractivity contribution is 7.92. The van der Waals surface area contributed by atoms with E-state index in [0.29, 0.717) is 17.1 Å². The average Bonchev–Trinajstić information content (AvgIpc) is 2.88. The molecule has 3 rings (SSSR count). The number of anilines is 1. The number of likely N-dealkylation sites (N-methyl/N-ethyl adjacent to an activating group) is 1. The Kier molecular flexibility index (Phi) is 9.84. The molecule has 1 unspecified atom stereocenters. The summed E-state index contributed by atoms with van der Waals surface area (Å²) in [7, 11) is -4.19. The van der Waals surface area contributed by atoms with Crippen molar-refractivity contribution in [1.29, 1.82) is 0 Å². The van der Waals surface area contributed by atoms with Crippen molar-refractivity contribution in [2.75, 3.05) is 17.4 Å². The van der Waals surface area contributed by atoms with Crippen LogP contribution in [0.15, 0.2) is 77.7 Å². The van der Waals surface area contributed by atoms with E-state index in [1.54, 1.807) is 56.3 Å². The van der Waals surface area contributed by atoms with Gasteiger partial charge in [-0.3, -0.25) is 13.9 Å². The first kappa shape index (κ1) is 28.8. The van der Waals surface area contributed by atoms with Gasteiger partial charge < -0.3 is 10.2 Å². The number of benzene rings is 3. The number of nitrogens with one attached hydrogen (secondary N) is 1. The van der Waals surface area contributed by atoms with E-state index in [1.807, 2.05) is 0 Å². The van der Waals surface area contributed by atoms with Gasteiger partial charge in [0.2, 0.25) is 11.8 Å². The van der Waals surface area contributed by atoms with Crippen LogP contribution in [0, 0.1) is 0 Å². The quantitative estimate of drug-likeness (QED) is 0.347. The first-order valence-corrected chi connectivity index (χ1v) is 14.0. The minimum atomic E-state index is -4.19. The van der Waals surface area contributed by atoms with Crippen LogP contribution in [0.5, 0.6) is 0 Å². The zero-order valence-corrected chi connectivity index (χ0v) is 23.3. The minimum Gasteiger partial charge on any atom is -0.355 e. The first-order chi connectivity index (χ1) is 17.6. The largest absolute Gasteiger partial charge is 0.355 e. The minimum absolute atomic E-state index is 0.00257. The summed E-state index contributed by atoms with van der Waals surface area (Å²) in [5.74, 6) is -0.987. The van der Waals surface area contributed by atoms with Gasteiger partial charge in [0.15, 0.2) is 0 Å². The van der Waals surface area contributed by atoms with Crippen molar-refractivity contribution in [1.82, 2.24) is 10.2 Å².